The maximum absolute atomic E-state index is 13.3. The van der Waals surface area contributed by atoms with Crippen LogP contribution in [-0.4, -0.2) is 53.9 Å². The molecule has 0 aromatic carbocycles. The molecule has 0 spiro atoms. The van der Waals surface area contributed by atoms with Crippen LogP contribution in [0.2, 0.25) is 0 Å². The molecule has 3 rings (SSSR count). The summed E-state index contributed by atoms with van der Waals surface area (Å²) < 4.78 is 45.4. The van der Waals surface area contributed by atoms with E-state index in [4.69, 9.17) is 4.74 Å². The monoisotopic (exact) mass is 377 g/mol. The lowest BCUT2D eigenvalue weighted by atomic mass is 9.77. The van der Waals surface area contributed by atoms with Crippen LogP contribution in [0.5, 0.6) is 0 Å². The number of ether oxygens (including phenoxy) is 1. The van der Waals surface area contributed by atoms with Gasteiger partial charge in [-0.05, 0) is 38.0 Å². The van der Waals surface area contributed by atoms with Crippen LogP contribution < -0.4 is 0 Å². The maximum atomic E-state index is 13.3. The first kappa shape index (κ1) is 19.5. The molecule has 0 radical (unpaired) electrons. The van der Waals surface area contributed by atoms with Crippen LogP contribution in [0.3, 0.4) is 0 Å². The molecule has 8 heteroatoms. The third kappa shape index (κ3) is 4.00. The molecule has 2 saturated heterocycles. The van der Waals surface area contributed by atoms with Gasteiger partial charge in [0.2, 0.25) is 5.91 Å². The second-order valence-electron chi connectivity index (χ2n) is 7.77. The predicted octanol–water partition coefficient (Wildman–Crippen LogP) is 3.08. The number of carboxylic acids is 1. The van der Waals surface area contributed by atoms with Gasteiger partial charge < -0.3 is 14.7 Å². The average molecular weight is 377 g/mol. The van der Waals surface area contributed by atoms with Gasteiger partial charge >= 0.3 is 12.1 Å². The Morgan fingerprint density at radius 2 is 1.62 bits per heavy atom. The van der Waals surface area contributed by atoms with E-state index in [-0.39, 0.29) is 24.3 Å². The number of nitrogens with zero attached hydrogens (tertiary/aromatic N) is 1. The summed E-state index contributed by atoms with van der Waals surface area (Å²) in [5, 5.41) is 9.28. The largest absolute Gasteiger partial charge is 0.481 e. The highest BCUT2D eigenvalue weighted by atomic mass is 19.4. The molecule has 148 valence electrons. The molecular weight excluding hydrogens is 351 g/mol. The normalized spacial score (nSPS) is 34.0. The molecule has 0 bridgehead atoms. The van der Waals surface area contributed by atoms with Crippen LogP contribution in [0, 0.1) is 23.7 Å². The molecule has 1 aliphatic carbocycles. The first-order chi connectivity index (χ1) is 12.3. The fraction of sp³-hybridized carbons (Fsp3) is 0.889. The van der Waals surface area contributed by atoms with Gasteiger partial charge in [-0.3, -0.25) is 9.59 Å². The second kappa shape index (κ2) is 7.74. The molecule has 2 heterocycles. The summed E-state index contributed by atoms with van der Waals surface area (Å²) >= 11 is 0. The molecule has 5 nitrogen and oxygen atoms in total. The van der Waals surface area contributed by atoms with Gasteiger partial charge in [-0.25, -0.2) is 0 Å². The minimum absolute atomic E-state index is 0.0343. The zero-order chi connectivity index (χ0) is 18.9. The van der Waals surface area contributed by atoms with Crippen LogP contribution in [0.15, 0.2) is 0 Å². The summed E-state index contributed by atoms with van der Waals surface area (Å²) in [6, 6.07) is 0. The Bertz CT molecular complexity index is 531. The number of hydrogen-bond acceptors (Lipinski definition) is 3. The molecule has 2 aliphatic heterocycles. The van der Waals surface area contributed by atoms with Crippen molar-refractivity contribution in [3.8, 4) is 0 Å². The lowest BCUT2D eigenvalue weighted by Crippen LogP contribution is -2.48. The maximum Gasteiger partial charge on any atom is 0.392 e. The Balaban J connectivity index is 1.59. The molecular formula is C18H26F3NO4. The van der Waals surface area contributed by atoms with Crippen LogP contribution in [0.25, 0.3) is 0 Å². The van der Waals surface area contributed by atoms with E-state index in [0.717, 1.165) is 0 Å². The van der Waals surface area contributed by atoms with E-state index >= 15 is 0 Å². The molecule has 0 aromatic rings. The van der Waals surface area contributed by atoms with Crippen molar-refractivity contribution in [3.63, 3.8) is 0 Å². The zero-order valence-corrected chi connectivity index (χ0v) is 14.7. The Kier molecular flexibility index (Phi) is 5.79. The molecule has 26 heavy (non-hydrogen) atoms. The van der Waals surface area contributed by atoms with Crippen molar-refractivity contribution >= 4 is 11.9 Å². The molecule has 4 atom stereocenters. The highest BCUT2D eigenvalue weighted by molar-refractivity contribution is 5.79. The highest BCUT2D eigenvalue weighted by Gasteiger charge is 2.49. The van der Waals surface area contributed by atoms with Crippen molar-refractivity contribution in [2.45, 2.75) is 57.2 Å². The number of hydrogen-bond donors (Lipinski definition) is 1. The van der Waals surface area contributed by atoms with Crippen LogP contribution in [-0.2, 0) is 14.3 Å². The molecule has 3 unspecified atom stereocenters. The van der Waals surface area contributed by atoms with Gasteiger partial charge in [0.1, 0.15) is 0 Å². The van der Waals surface area contributed by atoms with Gasteiger partial charge in [-0.15, -0.1) is 0 Å². The van der Waals surface area contributed by atoms with Gasteiger partial charge in [0.05, 0.1) is 17.9 Å². The van der Waals surface area contributed by atoms with E-state index in [1.165, 1.54) is 0 Å². The van der Waals surface area contributed by atoms with E-state index in [0.29, 0.717) is 58.2 Å². The van der Waals surface area contributed by atoms with Crippen molar-refractivity contribution in [3.05, 3.63) is 0 Å². The van der Waals surface area contributed by atoms with Crippen LogP contribution >= 0.6 is 0 Å². The van der Waals surface area contributed by atoms with Gasteiger partial charge in [0, 0.05) is 25.6 Å². The van der Waals surface area contributed by atoms with Gasteiger partial charge in [0.25, 0.3) is 0 Å². The first-order valence-corrected chi connectivity index (χ1v) is 9.49. The van der Waals surface area contributed by atoms with Gasteiger partial charge in [0.15, 0.2) is 0 Å². The highest BCUT2D eigenvalue weighted by Crippen LogP contribution is 2.43. The van der Waals surface area contributed by atoms with E-state index < -0.39 is 29.9 Å². The second-order valence-corrected chi connectivity index (χ2v) is 7.77. The number of halogens is 3. The van der Waals surface area contributed by atoms with E-state index in [1.807, 2.05) is 0 Å². The summed E-state index contributed by atoms with van der Waals surface area (Å²) in [5.74, 6) is -4.21. The minimum atomic E-state index is -4.33. The van der Waals surface area contributed by atoms with E-state index in [1.54, 1.807) is 4.90 Å². The number of rotatable bonds is 3. The van der Waals surface area contributed by atoms with E-state index in [2.05, 4.69) is 0 Å². The molecule has 0 aromatic heterocycles. The van der Waals surface area contributed by atoms with Crippen LogP contribution in [0.1, 0.15) is 44.9 Å². The summed E-state index contributed by atoms with van der Waals surface area (Å²) in [4.78, 5) is 25.6. The number of carbonyl (C=O) groups is 2. The average Bonchev–Trinajstić information content (AvgIpc) is 3.10. The fourth-order valence-corrected chi connectivity index (χ4v) is 4.84. The van der Waals surface area contributed by atoms with Crippen molar-refractivity contribution in [1.82, 2.24) is 4.90 Å². The molecule has 3 fully saturated rings. The third-order valence-corrected chi connectivity index (χ3v) is 6.27. The Labute approximate surface area is 150 Å². The number of carboxylic acid groups (broad SMARTS) is 1. The van der Waals surface area contributed by atoms with Crippen LogP contribution in [0.4, 0.5) is 13.2 Å². The van der Waals surface area contributed by atoms with E-state index in [9.17, 15) is 27.9 Å². The SMILES string of the molecule is O=C(O)C1CCO[C@H]1C1CCN(C(=O)C2CCCCC2C(F)(F)F)CC1. The molecule has 3 aliphatic rings. The van der Waals surface area contributed by atoms with Crippen molar-refractivity contribution in [2.24, 2.45) is 23.7 Å². The summed E-state index contributed by atoms with van der Waals surface area (Å²) in [6.07, 6.45) is -1.49. The number of piperidine rings is 1. The van der Waals surface area contributed by atoms with Crippen molar-refractivity contribution in [1.29, 1.82) is 0 Å². The van der Waals surface area contributed by atoms with Crippen molar-refractivity contribution in [2.75, 3.05) is 19.7 Å². The number of alkyl halides is 3. The molecule has 1 N–H and O–H groups in total. The Morgan fingerprint density at radius 1 is 0.962 bits per heavy atom. The lowest BCUT2D eigenvalue weighted by Gasteiger charge is -2.40. The number of amides is 1. The fourth-order valence-electron chi connectivity index (χ4n) is 4.84. The Morgan fingerprint density at radius 3 is 2.23 bits per heavy atom. The first-order valence-electron chi connectivity index (χ1n) is 9.49. The van der Waals surface area contributed by atoms with Crippen molar-refractivity contribution < 1.29 is 32.6 Å². The zero-order valence-electron chi connectivity index (χ0n) is 14.7. The number of carbonyl (C=O) groups excluding carboxylic acids is 1. The summed E-state index contributed by atoms with van der Waals surface area (Å²) in [5.41, 5.74) is 0. The summed E-state index contributed by atoms with van der Waals surface area (Å²) in [6.45, 7) is 1.20. The predicted molar refractivity (Wildman–Crippen MR) is 86.3 cm³/mol. The molecule has 1 saturated carbocycles. The lowest BCUT2D eigenvalue weighted by molar-refractivity contribution is -0.201. The number of aliphatic carboxylic acids is 1. The summed E-state index contributed by atoms with van der Waals surface area (Å²) in [7, 11) is 0. The standard InChI is InChI=1S/C18H26F3NO4/c19-18(20,21)14-4-2-1-3-12(14)16(23)22-8-5-11(6-9-22)15-13(17(24)25)7-10-26-15/h11-15H,1-10H2,(H,24,25)/t12?,13?,14?,15-/m0/s1. The minimum Gasteiger partial charge on any atom is -0.481 e. The third-order valence-electron chi connectivity index (χ3n) is 6.27. The topological polar surface area (TPSA) is 66.8 Å². The van der Waals surface area contributed by atoms with Gasteiger partial charge in [-0.1, -0.05) is 12.8 Å². The number of likely N-dealkylation sites (tertiary alicyclic amines) is 1. The Hall–Kier alpha value is -1.31. The smallest absolute Gasteiger partial charge is 0.392 e. The quantitative estimate of drug-likeness (QED) is 0.821. The molecule has 1 amide bonds. The van der Waals surface area contributed by atoms with Gasteiger partial charge in [-0.2, -0.15) is 13.2 Å².